The maximum absolute atomic E-state index is 13.3. The van der Waals surface area contributed by atoms with Crippen molar-refractivity contribution in [2.24, 2.45) is 0 Å². The lowest BCUT2D eigenvalue weighted by molar-refractivity contribution is -0.00900. The van der Waals surface area contributed by atoms with Crippen molar-refractivity contribution in [3.63, 3.8) is 0 Å². The summed E-state index contributed by atoms with van der Waals surface area (Å²) in [6.07, 6.45) is -1.85. The second-order valence-corrected chi connectivity index (χ2v) is 3.95. The van der Waals surface area contributed by atoms with Crippen LogP contribution in [0, 0.1) is 5.82 Å². The summed E-state index contributed by atoms with van der Waals surface area (Å²) >= 11 is 0. The summed E-state index contributed by atoms with van der Waals surface area (Å²) in [5.74, 6) is -1.63. The number of aliphatic hydroxyl groups is 1. The summed E-state index contributed by atoms with van der Waals surface area (Å²) in [7, 11) is 0. The van der Waals surface area contributed by atoms with E-state index in [2.05, 4.69) is 4.98 Å². The first-order valence-electron chi connectivity index (χ1n) is 5.44. The van der Waals surface area contributed by atoms with Crippen molar-refractivity contribution in [2.75, 3.05) is 12.3 Å². The van der Waals surface area contributed by atoms with Crippen LogP contribution < -0.4 is 11.4 Å². The van der Waals surface area contributed by atoms with E-state index in [0.29, 0.717) is 10.8 Å². The predicted octanol–water partition coefficient (Wildman–Crippen LogP) is 0.561. The number of ether oxygens (including phenoxy) is 1. The molecule has 9 heteroatoms. The van der Waals surface area contributed by atoms with Gasteiger partial charge in [0, 0.05) is 11.1 Å². The molecule has 0 saturated carbocycles. The van der Waals surface area contributed by atoms with Gasteiger partial charge in [-0.15, -0.1) is 0 Å². The van der Waals surface area contributed by atoms with Crippen molar-refractivity contribution in [1.82, 2.24) is 9.55 Å². The standard InChI is InChI=1S/C11H10F3N3O3/c12-1-5-6(2-13)10(20-8(5)4-18)17-3-7(14)9(15)16-11(17)19/h1-3,8,10,18H,4H2,(H2,15,16,19). The molecule has 1 aromatic rings. The molecule has 108 valence electrons. The molecule has 0 bridgehead atoms. The van der Waals surface area contributed by atoms with Crippen LogP contribution >= 0.6 is 0 Å². The van der Waals surface area contributed by atoms with E-state index >= 15 is 0 Å². The highest BCUT2D eigenvalue weighted by Crippen LogP contribution is 2.37. The van der Waals surface area contributed by atoms with Crippen molar-refractivity contribution >= 4 is 5.82 Å². The molecule has 0 amide bonds. The van der Waals surface area contributed by atoms with Crippen LogP contribution in [0.3, 0.4) is 0 Å². The first-order valence-corrected chi connectivity index (χ1v) is 5.44. The highest BCUT2D eigenvalue weighted by molar-refractivity contribution is 5.38. The fraction of sp³-hybridized carbons (Fsp3) is 0.273. The molecule has 2 atom stereocenters. The number of anilines is 1. The Morgan fingerprint density at radius 1 is 1.45 bits per heavy atom. The SMILES string of the molecule is Nc1nc(=O)n(C2OC(CO)C(=CF)C2=CF)cc1F. The molecular weight excluding hydrogens is 279 g/mol. The predicted molar refractivity (Wildman–Crippen MR) is 62.2 cm³/mol. The van der Waals surface area contributed by atoms with Gasteiger partial charge in [0.05, 0.1) is 25.5 Å². The molecule has 0 spiro atoms. The normalized spacial score (nSPS) is 26.6. The van der Waals surface area contributed by atoms with Crippen LogP contribution in [0.4, 0.5) is 19.0 Å². The van der Waals surface area contributed by atoms with Gasteiger partial charge in [0.1, 0.15) is 6.10 Å². The summed E-state index contributed by atoms with van der Waals surface area (Å²) in [5.41, 5.74) is 3.51. The summed E-state index contributed by atoms with van der Waals surface area (Å²) in [6.45, 7) is -0.636. The number of aromatic nitrogens is 2. The van der Waals surface area contributed by atoms with Gasteiger partial charge in [-0.25, -0.2) is 18.0 Å². The average Bonchev–Trinajstić information content (AvgIpc) is 2.80. The van der Waals surface area contributed by atoms with Crippen molar-refractivity contribution in [1.29, 1.82) is 0 Å². The Balaban J connectivity index is 2.53. The summed E-state index contributed by atoms with van der Waals surface area (Å²) in [4.78, 5) is 14.8. The summed E-state index contributed by atoms with van der Waals surface area (Å²) in [5, 5.41) is 9.03. The van der Waals surface area contributed by atoms with E-state index in [0.717, 1.165) is 0 Å². The van der Waals surface area contributed by atoms with E-state index in [9.17, 15) is 18.0 Å². The molecule has 0 radical (unpaired) electrons. The molecule has 1 fully saturated rings. The minimum atomic E-state index is -1.44. The third-order valence-electron chi connectivity index (χ3n) is 2.83. The van der Waals surface area contributed by atoms with Gasteiger partial charge in [0.25, 0.3) is 0 Å². The average molecular weight is 289 g/mol. The van der Waals surface area contributed by atoms with Crippen LogP contribution in [0.25, 0.3) is 0 Å². The van der Waals surface area contributed by atoms with E-state index in [4.69, 9.17) is 15.6 Å². The molecule has 0 aliphatic carbocycles. The minimum absolute atomic E-state index is 0.0203. The van der Waals surface area contributed by atoms with E-state index in [1.165, 1.54) is 0 Å². The Labute approximate surface area is 110 Å². The number of aliphatic hydroxyl groups excluding tert-OH is 1. The lowest BCUT2D eigenvalue weighted by Gasteiger charge is -2.14. The van der Waals surface area contributed by atoms with Crippen molar-refractivity contribution in [3.05, 3.63) is 46.3 Å². The quantitative estimate of drug-likeness (QED) is 0.830. The third-order valence-corrected chi connectivity index (χ3v) is 2.83. The number of halogens is 3. The summed E-state index contributed by atoms with van der Waals surface area (Å²) < 4.78 is 44.8. The molecule has 1 saturated heterocycles. The van der Waals surface area contributed by atoms with E-state index in [1.807, 2.05) is 0 Å². The summed E-state index contributed by atoms with van der Waals surface area (Å²) in [6, 6.07) is 0. The Morgan fingerprint density at radius 3 is 2.65 bits per heavy atom. The Bertz CT molecular complexity index is 642. The van der Waals surface area contributed by atoms with Gasteiger partial charge < -0.3 is 15.6 Å². The number of nitrogens with zero attached hydrogens (tertiary/aromatic N) is 2. The molecule has 2 unspecified atom stereocenters. The highest BCUT2D eigenvalue weighted by Gasteiger charge is 2.37. The van der Waals surface area contributed by atoms with Gasteiger partial charge in [-0.3, -0.25) is 4.57 Å². The largest absolute Gasteiger partial charge is 0.393 e. The molecule has 1 aromatic heterocycles. The molecule has 1 aliphatic rings. The van der Waals surface area contributed by atoms with Gasteiger partial charge in [-0.2, -0.15) is 4.98 Å². The molecule has 3 N–H and O–H groups in total. The molecular formula is C11H10F3N3O3. The number of hydrogen-bond donors (Lipinski definition) is 2. The Kier molecular flexibility index (Phi) is 3.91. The fourth-order valence-corrected chi connectivity index (χ4v) is 1.86. The van der Waals surface area contributed by atoms with E-state index < -0.39 is 36.3 Å². The van der Waals surface area contributed by atoms with Crippen molar-refractivity contribution in [3.8, 4) is 0 Å². The lowest BCUT2D eigenvalue weighted by Crippen LogP contribution is -2.29. The maximum Gasteiger partial charge on any atom is 0.352 e. The van der Waals surface area contributed by atoms with Crippen LogP contribution in [-0.4, -0.2) is 27.4 Å². The van der Waals surface area contributed by atoms with Gasteiger partial charge >= 0.3 is 5.69 Å². The molecule has 1 aliphatic heterocycles. The number of nitrogen functional groups attached to an aromatic ring is 1. The zero-order valence-electron chi connectivity index (χ0n) is 9.96. The zero-order valence-corrected chi connectivity index (χ0v) is 9.96. The molecule has 20 heavy (non-hydrogen) atoms. The lowest BCUT2D eigenvalue weighted by atomic mass is 10.1. The van der Waals surface area contributed by atoms with Crippen LogP contribution in [0.5, 0.6) is 0 Å². The fourth-order valence-electron chi connectivity index (χ4n) is 1.86. The Morgan fingerprint density at radius 2 is 2.10 bits per heavy atom. The minimum Gasteiger partial charge on any atom is -0.393 e. The van der Waals surface area contributed by atoms with Crippen LogP contribution in [0.2, 0.25) is 0 Å². The number of rotatable bonds is 2. The third kappa shape index (κ3) is 2.21. The van der Waals surface area contributed by atoms with Gasteiger partial charge in [-0.05, 0) is 0 Å². The smallest absolute Gasteiger partial charge is 0.352 e. The maximum atomic E-state index is 13.3. The van der Waals surface area contributed by atoms with Gasteiger partial charge in [-0.1, -0.05) is 0 Å². The Hall–Kier alpha value is -2.13. The highest BCUT2D eigenvalue weighted by atomic mass is 19.1. The van der Waals surface area contributed by atoms with E-state index in [1.54, 1.807) is 0 Å². The number of hydrogen-bond acceptors (Lipinski definition) is 5. The van der Waals surface area contributed by atoms with E-state index in [-0.39, 0.29) is 23.8 Å². The molecule has 0 aromatic carbocycles. The number of nitrogens with two attached hydrogens (primary N) is 1. The molecule has 2 rings (SSSR count). The monoisotopic (exact) mass is 289 g/mol. The second-order valence-electron chi connectivity index (χ2n) is 3.95. The first kappa shape index (κ1) is 14.3. The molecule has 6 nitrogen and oxygen atoms in total. The zero-order chi connectivity index (χ0) is 14.9. The second kappa shape index (κ2) is 5.47. The van der Waals surface area contributed by atoms with Gasteiger partial charge in [0.2, 0.25) is 0 Å². The molecule has 2 heterocycles. The van der Waals surface area contributed by atoms with Crippen LogP contribution in [0.15, 0.2) is 34.8 Å². The van der Waals surface area contributed by atoms with Crippen molar-refractivity contribution < 1.29 is 23.0 Å². The van der Waals surface area contributed by atoms with Crippen molar-refractivity contribution in [2.45, 2.75) is 12.3 Å². The van der Waals surface area contributed by atoms with Gasteiger partial charge in [0.15, 0.2) is 17.9 Å². The van der Waals surface area contributed by atoms with Crippen LogP contribution in [0.1, 0.15) is 6.23 Å². The topological polar surface area (TPSA) is 90.4 Å². The first-order chi connectivity index (χ1) is 9.53. The van der Waals surface area contributed by atoms with Crippen LogP contribution in [-0.2, 0) is 4.74 Å².